The Labute approximate surface area is 253 Å². The first kappa shape index (κ1) is 31.4. The highest BCUT2D eigenvalue weighted by Gasteiger charge is 2.35. The van der Waals surface area contributed by atoms with Crippen molar-refractivity contribution < 1.29 is 22.4 Å². The summed E-state index contributed by atoms with van der Waals surface area (Å²) >= 11 is 0. The zero-order chi connectivity index (χ0) is 30.8. The maximum Gasteiger partial charge on any atom is 0.264 e. The highest BCUT2D eigenvalue weighted by atomic mass is 32.2. The fourth-order valence-corrected chi connectivity index (χ4v) is 6.14. The Morgan fingerprint density at radius 1 is 0.814 bits per heavy atom. The van der Waals surface area contributed by atoms with Gasteiger partial charge in [0.2, 0.25) is 11.8 Å². The van der Waals surface area contributed by atoms with E-state index in [1.807, 2.05) is 68.4 Å². The molecule has 1 atom stereocenters. The van der Waals surface area contributed by atoms with Crippen LogP contribution in [0.2, 0.25) is 0 Å². The van der Waals surface area contributed by atoms with Crippen LogP contribution < -0.4 is 9.62 Å². The second-order valence-electron chi connectivity index (χ2n) is 10.3. The monoisotopic (exact) mass is 601 g/mol. The minimum absolute atomic E-state index is 0.0483. The van der Waals surface area contributed by atoms with E-state index in [9.17, 15) is 18.0 Å². The quantitative estimate of drug-likeness (QED) is 0.219. The summed E-state index contributed by atoms with van der Waals surface area (Å²) in [5.41, 5.74) is 2.38. The Bertz CT molecular complexity index is 1610. The van der Waals surface area contributed by atoms with Crippen LogP contribution in [0.4, 0.5) is 10.1 Å². The van der Waals surface area contributed by atoms with Gasteiger partial charge in [0.15, 0.2) is 0 Å². The molecular weight excluding hydrogens is 565 g/mol. The minimum atomic E-state index is -4.36. The first-order valence-corrected chi connectivity index (χ1v) is 15.6. The molecule has 0 unspecified atom stereocenters. The number of hydrogen-bond acceptors (Lipinski definition) is 4. The summed E-state index contributed by atoms with van der Waals surface area (Å²) < 4.78 is 43.7. The van der Waals surface area contributed by atoms with E-state index in [0.717, 1.165) is 27.1 Å². The summed E-state index contributed by atoms with van der Waals surface area (Å²) in [6, 6.07) is 29.0. The van der Waals surface area contributed by atoms with Gasteiger partial charge in [-0.1, -0.05) is 97.4 Å². The summed E-state index contributed by atoms with van der Waals surface area (Å²) in [7, 11) is -4.36. The molecule has 4 aromatic carbocycles. The van der Waals surface area contributed by atoms with Crippen molar-refractivity contribution >= 4 is 27.5 Å². The molecule has 0 saturated carbocycles. The van der Waals surface area contributed by atoms with E-state index in [1.165, 1.54) is 35.2 Å². The second kappa shape index (κ2) is 14.6. The largest absolute Gasteiger partial charge is 0.354 e. The summed E-state index contributed by atoms with van der Waals surface area (Å²) in [5.74, 6) is -1.79. The van der Waals surface area contributed by atoms with Crippen LogP contribution >= 0.6 is 0 Å². The van der Waals surface area contributed by atoms with Gasteiger partial charge in [0.05, 0.1) is 10.6 Å². The van der Waals surface area contributed by atoms with Crippen LogP contribution in [0, 0.1) is 12.7 Å². The van der Waals surface area contributed by atoms with E-state index in [1.54, 1.807) is 18.2 Å². The molecule has 0 fully saturated rings. The summed E-state index contributed by atoms with van der Waals surface area (Å²) in [6.07, 6.45) is 0.908. The standard InChI is InChI=1S/C34H36FN3O4S/c1-3-22-36-34(40)32(23-27-12-6-4-7-13-27)37(24-28-20-18-26(2)19-21-28)33(39)25-38(31-17-11-10-16-30(31)35)43(41,42)29-14-8-5-9-15-29/h4-21,32H,3,22-25H2,1-2H3,(H,36,40)/t32-/m1/s1. The molecule has 4 aromatic rings. The molecule has 0 aliphatic heterocycles. The lowest BCUT2D eigenvalue weighted by Gasteiger charge is -2.34. The molecule has 0 bridgehead atoms. The lowest BCUT2D eigenvalue weighted by molar-refractivity contribution is -0.140. The van der Waals surface area contributed by atoms with Crippen LogP contribution in [0.15, 0.2) is 114 Å². The van der Waals surface area contributed by atoms with E-state index in [4.69, 9.17) is 0 Å². The van der Waals surface area contributed by atoms with Crippen molar-refractivity contribution in [2.24, 2.45) is 0 Å². The number of para-hydroxylation sites is 1. The lowest BCUT2D eigenvalue weighted by Crippen LogP contribution is -2.53. The molecule has 0 saturated heterocycles. The van der Waals surface area contributed by atoms with Crippen LogP contribution in [0.1, 0.15) is 30.0 Å². The Morgan fingerprint density at radius 2 is 1.42 bits per heavy atom. The van der Waals surface area contributed by atoms with Crippen molar-refractivity contribution in [3.8, 4) is 0 Å². The molecule has 9 heteroatoms. The van der Waals surface area contributed by atoms with E-state index >= 15 is 4.39 Å². The summed E-state index contributed by atoms with van der Waals surface area (Å²) in [5, 5.41) is 2.91. The molecule has 7 nitrogen and oxygen atoms in total. The zero-order valence-corrected chi connectivity index (χ0v) is 25.1. The van der Waals surface area contributed by atoms with Crippen molar-refractivity contribution in [3.63, 3.8) is 0 Å². The number of anilines is 1. The number of carbonyl (C=O) groups excluding carboxylic acids is 2. The van der Waals surface area contributed by atoms with Gasteiger partial charge >= 0.3 is 0 Å². The summed E-state index contributed by atoms with van der Waals surface area (Å²) in [4.78, 5) is 29.3. The molecular formula is C34H36FN3O4S. The van der Waals surface area contributed by atoms with E-state index in [-0.39, 0.29) is 29.5 Å². The van der Waals surface area contributed by atoms with Gasteiger partial charge in [0.1, 0.15) is 18.4 Å². The number of nitrogens with one attached hydrogen (secondary N) is 1. The molecule has 1 N–H and O–H groups in total. The molecule has 0 aromatic heterocycles. The molecule has 0 aliphatic rings. The number of sulfonamides is 1. The first-order chi connectivity index (χ1) is 20.7. The zero-order valence-electron chi connectivity index (χ0n) is 24.3. The fraction of sp³-hybridized carbons (Fsp3) is 0.235. The number of rotatable bonds is 13. The van der Waals surface area contributed by atoms with Crippen molar-refractivity contribution in [2.75, 3.05) is 17.4 Å². The molecule has 0 radical (unpaired) electrons. The van der Waals surface area contributed by atoms with Gasteiger partial charge in [-0.2, -0.15) is 0 Å². The average Bonchev–Trinajstić information content (AvgIpc) is 3.02. The Morgan fingerprint density at radius 3 is 2.05 bits per heavy atom. The number of aryl methyl sites for hydroxylation is 1. The predicted molar refractivity (Wildman–Crippen MR) is 166 cm³/mol. The number of amides is 2. The van der Waals surface area contributed by atoms with E-state index in [2.05, 4.69) is 5.32 Å². The van der Waals surface area contributed by atoms with Gasteiger partial charge in [-0.3, -0.25) is 13.9 Å². The number of carbonyl (C=O) groups is 2. The Hall–Kier alpha value is -4.50. The van der Waals surface area contributed by atoms with E-state index in [0.29, 0.717) is 13.0 Å². The smallest absolute Gasteiger partial charge is 0.264 e. The maximum absolute atomic E-state index is 15.1. The van der Waals surface area contributed by atoms with Crippen LogP contribution in [0.25, 0.3) is 0 Å². The van der Waals surface area contributed by atoms with Gasteiger partial charge in [-0.15, -0.1) is 0 Å². The topological polar surface area (TPSA) is 86.8 Å². The molecule has 43 heavy (non-hydrogen) atoms. The van der Waals surface area contributed by atoms with Crippen molar-refractivity contribution in [2.45, 2.75) is 44.2 Å². The van der Waals surface area contributed by atoms with Crippen molar-refractivity contribution in [1.29, 1.82) is 0 Å². The van der Waals surface area contributed by atoms with Crippen LogP contribution in [0.3, 0.4) is 0 Å². The molecule has 2 amide bonds. The third-order valence-electron chi connectivity index (χ3n) is 7.03. The highest BCUT2D eigenvalue weighted by molar-refractivity contribution is 7.92. The minimum Gasteiger partial charge on any atom is -0.354 e. The first-order valence-electron chi connectivity index (χ1n) is 14.2. The van der Waals surface area contributed by atoms with Gasteiger partial charge in [0.25, 0.3) is 10.0 Å². The molecule has 0 aliphatic carbocycles. The van der Waals surface area contributed by atoms with Gasteiger partial charge in [0, 0.05) is 19.5 Å². The number of hydrogen-bond donors (Lipinski definition) is 1. The third kappa shape index (κ3) is 8.08. The lowest BCUT2D eigenvalue weighted by atomic mass is 10.0. The summed E-state index contributed by atoms with van der Waals surface area (Å²) in [6.45, 7) is 3.63. The Balaban J connectivity index is 1.79. The van der Waals surface area contributed by atoms with Crippen LogP contribution in [-0.4, -0.2) is 44.3 Å². The third-order valence-corrected chi connectivity index (χ3v) is 8.80. The fourth-order valence-electron chi connectivity index (χ4n) is 4.70. The molecule has 4 rings (SSSR count). The predicted octanol–water partition coefficient (Wildman–Crippen LogP) is 5.50. The van der Waals surface area contributed by atoms with Crippen molar-refractivity contribution in [1.82, 2.24) is 10.2 Å². The molecule has 0 spiro atoms. The van der Waals surface area contributed by atoms with Gasteiger partial charge in [-0.05, 0) is 48.7 Å². The molecule has 224 valence electrons. The van der Waals surface area contributed by atoms with Crippen LogP contribution in [-0.2, 0) is 32.6 Å². The van der Waals surface area contributed by atoms with Gasteiger partial charge < -0.3 is 10.2 Å². The van der Waals surface area contributed by atoms with Crippen molar-refractivity contribution in [3.05, 3.63) is 132 Å². The normalized spacial score (nSPS) is 11.9. The number of halogens is 1. The van der Waals surface area contributed by atoms with Crippen LogP contribution in [0.5, 0.6) is 0 Å². The average molecular weight is 602 g/mol. The second-order valence-corrected chi connectivity index (χ2v) is 12.1. The number of benzene rings is 4. The number of nitrogens with zero attached hydrogens (tertiary/aromatic N) is 2. The Kier molecular flexibility index (Phi) is 10.7. The van der Waals surface area contributed by atoms with E-state index < -0.39 is 34.3 Å². The SMILES string of the molecule is CCCNC(=O)[C@@H](Cc1ccccc1)N(Cc1ccc(C)cc1)C(=O)CN(c1ccccc1F)S(=O)(=O)c1ccccc1. The maximum atomic E-state index is 15.1. The van der Waals surface area contributed by atoms with Gasteiger partial charge in [-0.25, -0.2) is 12.8 Å². The highest BCUT2D eigenvalue weighted by Crippen LogP contribution is 2.27. The molecule has 0 heterocycles.